The molecule has 244 valence electrons. The van der Waals surface area contributed by atoms with Crippen molar-refractivity contribution < 1.29 is 27.9 Å². The van der Waals surface area contributed by atoms with Gasteiger partial charge in [-0.25, -0.2) is 9.59 Å². The Bertz CT molecular complexity index is 1930. The number of furan rings is 2. The highest BCUT2D eigenvalue weighted by Gasteiger charge is 2.29. The lowest BCUT2D eigenvalue weighted by atomic mass is 9.95. The summed E-state index contributed by atoms with van der Waals surface area (Å²) in [5.74, 6) is 2.31. The summed E-state index contributed by atoms with van der Waals surface area (Å²) in [6.45, 7) is 7.05. The number of aryl methyl sites for hydroxylation is 1. The van der Waals surface area contributed by atoms with Gasteiger partial charge >= 0.3 is 12.1 Å². The summed E-state index contributed by atoms with van der Waals surface area (Å²) in [5, 5.41) is 14.2. The Hall–Kier alpha value is -4.96. The number of ether oxygens (including phenoxy) is 2. The number of rotatable bonds is 8. The zero-order valence-corrected chi connectivity index (χ0v) is 26.9. The highest BCUT2D eigenvalue weighted by molar-refractivity contribution is 5.90. The predicted octanol–water partition coefficient (Wildman–Crippen LogP) is 7.46. The van der Waals surface area contributed by atoms with Gasteiger partial charge in [0.1, 0.15) is 28.4 Å². The SMILES string of the molecule is Cc1c(C(C)NC(=O)NC2CCOC(Cc3c(C(C)NC(=O)Nc4ccc5c(c4)CCO5)oc4ccccc34)C2)oc2ccccc12. The molecule has 1 fully saturated rings. The van der Waals surface area contributed by atoms with E-state index >= 15 is 0 Å². The second kappa shape index (κ2) is 13.0. The highest BCUT2D eigenvalue weighted by atomic mass is 16.5. The molecule has 7 rings (SSSR count). The van der Waals surface area contributed by atoms with Crippen LogP contribution in [-0.2, 0) is 17.6 Å². The first kappa shape index (κ1) is 30.7. The van der Waals surface area contributed by atoms with Crippen molar-refractivity contribution in [3.8, 4) is 5.75 Å². The Morgan fingerprint density at radius 3 is 2.36 bits per heavy atom. The van der Waals surface area contributed by atoms with Gasteiger partial charge in [-0.1, -0.05) is 36.4 Å². The van der Waals surface area contributed by atoms with E-state index in [9.17, 15) is 9.59 Å². The minimum atomic E-state index is -0.401. The van der Waals surface area contributed by atoms with Crippen molar-refractivity contribution in [1.29, 1.82) is 0 Å². The third-order valence-electron chi connectivity index (χ3n) is 9.17. The molecule has 4 unspecified atom stereocenters. The predicted molar refractivity (Wildman–Crippen MR) is 180 cm³/mol. The Morgan fingerprint density at radius 1 is 0.851 bits per heavy atom. The fourth-order valence-corrected chi connectivity index (χ4v) is 6.85. The van der Waals surface area contributed by atoms with E-state index in [0.717, 1.165) is 56.6 Å². The molecule has 4 amide bonds. The van der Waals surface area contributed by atoms with E-state index in [1.807, 2.05) is 87.5 Å². The maximum atomic E-state index is 13.1. The highest BCUT2D eigenvalue weighted by Crippen LogP contribution is 2.34. The minimum Gasteiger partial charge on any atom is -0.493 e. The molecule has 4 atom stereocenters. The maximum absolute atomic E-state index is 13.1. The standard InChI is InChI=1S/C37H40N4O6/c1-21-28-8-4-6-10-32(28)46-34(21)22(2)38-36(42)41-26-15-17-44-27(19-26)20-30-29-9-5-7-11-33(29)47-35(30)23(3)39-37(43)40-25-12-13-31-24(18-25)14-16-45-31/h4-13,18,22-23,26-27H,14-17,19-20H2,1-3H3,(H2,38,41,42)(H2,39,40,43). The number of amides is 4. The number of hydrogen-bond acceptors (Lipinski definition) is 6. The molecule has 4 N–H and O–H groups in total. The zero-order valence-electron chi connectivity index (χ0n) is 26.9. The van der Waals surface area contributed by atoms with Crippen molar-refractivity contribution in [1.82, 2.24) is 16.0 Å². The number of benzene rings is 3. The van der Waals surface area contributed by atoms with Crippen LogP contribution in [0.1, 0.15) is 67.0 Å². The molecule has 4 heterocycles. The van der Waals surface area contributed by atoms with Crippen LogP contribution in [0.5, 0.6) is 5.75 Å². The van der Waals surface area contributed by atoms with E-state index in [2.05, 4.69) is 21.3 Å². The average Bonchev–Trinajstić information content (AvgIpc) is 3.77. The summed E-state index contributed by atoms with van der Waals surface area (Å²) in [7, 11) is 0. The molecule has 0 bridgehead atoms. The number of carbonyl (C=O) groups excluding carboxylic acids is 2. The van der Waals surface area contributed by atoms with Crippen LogP contribution < -0.4 is 26.0 Å². The number of anilines is 1. The molecule has 2 aliphatic rings. The van der Waals surface area contributed by atoms with Crippen molar-refractivity contribution in [3.05, 3.63) is 94.9 Å². The largest absolute Gasteiger partial charge is 0.493 e. The van der Waals surface area contributed by atoms with Gasteiger partial charge < -0.3 is 39.6 Å². The van der Waals surface area contributed by atoms with Gasteiger partial charge in [0.05, 0.1) is 24.8 Å². The zero-order chi connectivity index (χ0) is 32.5. The van der Waals surface area contributed by atoms with Crippen molar-refractivity contribution in [2.45, 2.75) is 70.7 Å². The monoisotopic (exact) mass is 636 g/mol. The van der Waals surface area contributed by atoms with E-state index in [1.54, 1.807) is 0 Å². The fraction of sp³-hybridized carbons (Fsp3) is 0.351. The van der Waals surface area contributed by atoms with Crippen LogP contribution in [-0.4, -0.2) is 37.4 Å². The molecule has 5 aromatic rings. The van der Waals surface area contributed by atoms with Gasteiger partial charge in [-0.05, 0) is 69.5 Å². The first-order valence-electron chi connectivity index (χ1n) is 16.3. The Morgan fingerprint density at radius 2 is 1.55 bits per heavy atom. The second-order valence-electron chi connectivity index (χ2n) is 12.5. The first-order valence-corrected chi connectivity index (χ1v) is 16.3. The van der Waals surface area contributed by atoms with Gasteiger partial charge in [0.25, 0.3) is 0 Å². The number of para-hydroxylation sites is 2. The second-order valence-corrected chi connectivity index (χ2v) is 12.5. The molecule has 0 saturated carbocycles. The summed E-state index contributed by atoms with van der Waals surface area (Å²) >= 11 is 0. The van der Waals surface area contributed by atoms with Crippen LogP contribution in [0.2, 0.25) is 0 Å². The van der Waals surface area contributed by atoms with Crippen molar-refractivity contribution in [2.24, 2.45) is 0 Å². The summed E-state index contributed by atoms with van der Waals surface area (Å²) in [4.78, 5) is 26.1. The van der Waals surface area contributed by atoms with Crippen LogP contribution in [0.4, 0.5) is 15.3 Å². The van der Waals surface area contributed by atoms with Gasteiger partial charge in [0, 0.05) is 53.1 Å². The number of urea groups is 2. The van der Waals surface area contributed by atoms with Gasteiger partial charge in [0.2, 0.25) is 0 Å². The lowest BCUT2D eigenvalue weighted by Crippen LogP contribution is -2.47. The Labute approximate surface area is 273 Å². The molecule has 1 saturated heterocycles. The summed E-state index contributed by atoms with van der Waals surface area (Å²) in [6.07, 6.45) is 2.64. The average molecular weight is 637 g/mol. The van der Waals surface area contributed by atoms with Crippen LogP contribution in [0.3, 0.4) is 0 Å². The number of nitrogens with one attached hydrogen (secondary N) is 4. The van der Waals surface area contributed by atoms with Crippen LogP contribution in [0.15, 0.2) is 75.6 Å². The molecule has 3 aromatic carbocycles. The molecule has 10 heteroatoms. The molecular weight excluding hydrogens is 596 g/mol. The maximum Gasteiger partial charge on any atom is 0.319 e. The van der Waals surface area contributed by atoms with E-state index in [-0.39, 0.29) is 30.2 Å². The number of fused-ring (bicyclic) bond motifs is 3. The molecule has 0 spiro atoms. The molecular formula is C37H40N4O6. The smallest absolute Gasteiger partial charge is 0.319 e. The quantitative estimate of drug-likeness (QED) is 0.140. The van der Waals surface area contributed by atoms with Crippen molar-refractivity contribution >= 4 is 39.7 Å². The molecule has 0 aliphatic carbocycles. The molecule has 2 aliphatic heterocycles. The topological polar surface area (TPSA) is 127 Å². The van der Waals surface area contributed by atoms with E-state index in [1.165, 1.54) is 0 Å². The van der Waals surface area contributed by atoms with E-state index in [0.29, 0.717) is 43.9 Å². The lowest BCUT2D eigenvalue weighted by Gasteiger charge is -2.31. The van der Waals surface area contributed by atoms with Gasteiger partial charge in [-0.15, -0.1) is 0 Å². The van der Waals surface area contributed by atoms with E-state index < -0.39 is 6.04 Å². The third-order valence-corrected chi connectivity index (χ3v) is 9.17. The normalized spacial score (nSPS) is 18.7. The van der Waals surface area contributed by atoms with Crippen LogP contribution in [0, 0.1) is 6.92 Å². The number of hydrogen-bond donors (Lipinski definition) is 4. The molecule has 2 aromatic heterocycles. The molecule has 0 radical (unpaired) electrons. The van der Waals surface area contributed by atoms with E-state index in [4.69, 9.17) is 18.3 Å². The first-order chi connectivity index (χ1) is 22.8. The fourth-order valence-electron chi connectivity index (χ4n) is 6.85. The van der Waals surface area contributed by atoms with Gasteiger partial charge in [0.15, 0.2) is 0 Å². The Balaban J connectivity index is 0.995. The van der Waals surface area contributed by atoms with Gasteiger partial charge in [-0.2, -0.15) is 0 Å². The summed E-state index contributed by atoms with van der Waals surface area (Å²) in [5.41, 5.74) is 5.39. The molecule has 47 heavy (non-hydrogen) atoms. The Kier molecular flexibility index (Phi) is 8.51. The lowest BCUT2D eigenvalue weighted by molar-refractivity contribution is 0.00414. The van der Waals surface area contributed by atoms with Crippen LogP contribution in [0.25, 0.3) is 21.9 Å². The van der Waals surface area contributed by atoms with Crippen molar-refractivity contribution in [3.63, 3.8) is 0 Å². The van der Waals surface area contributed by atoms with Crippen LogP contribution >= 0.6 is 0 Å². The molecule has 10 nitrogen and oxygen atoms in total. The summed E-state index contributed by atoms with van der Waals surface area (Å²) < 4.78 is 24.2. The summed E-state index contributed by atoms with van der Waals surface area (Å²) in [6, 6.07) is 20.1. The minimum absolute atomic E-state index is 0.0571. The van der Waals surface area contributed by atoms with Gasteiger partial charge in [-0.3, -0.25) is 0 Å². The number of carbonyl (C=O) groups is 2. The third kappa shape index (κ3) is 6.51. The van der Waals surface area contributed by atoms with Crippen molar-refractivity contribution in [2.75, 3.05) is 18.5 Å².